The zero-order valence-corrected chi connectivity index (χ0v) is 9.97. The number of nitrogens with two attached hydrogens (primary N) is 1. The van der Waals surface area contributed by atoms with Crippen LogP contribution in [0.5, 0.6) is 0 Å². The van der Waals surface area contributed by atoms with Gasteiger partial charge in [0.15, 0.2) is 0 Å². The molecule has 0 heterocycles. The molecule has 1 nitrogen and oxygen atoms in total. The van der Waals surface area contributed by atoms with Gasteiger partial charge in [-0.15, -0.1) is 0 Å². The quantitative estimate of drug-likeness (QED) is 0.692. The average molecular weight is 197 g/mol. The molecule has 0 aliphatic heterocycles. The summed E-state index contributed by atoms with van der Waals surface area (Å²) in [6.45, 7) is 5.56. The molecule has 0 radical (unpaired) electrons. The molecule has 3 unspecified atom stereocenters. The van der Waals surface area contributed by atoms with Crippen LogP contribution in [0.2, 0.25) is 0 Å². The largest absolute Gasteiger partial charge is 0.330 e. The van der Waals surface area contributed by atoms with E-state index in [0.717, 1.165) is 24.3 Å². The van der Waals surface area contributed by atoms with Crippen molar-refractivity contribution < 1.29 is 0 Å². The Kier molecular flexibility index (Phi) is 5.54. The van der Waals surface area contributed by atoms with Crippen molar-refractivity contribution in [3.05, 3.63) is 0 Å². The van der Waals surface area contributed by atoms with Crippen LogP contribution in [-0.4, -0.2) is 6.54 Å². The van der Waals surface area contributed by atoms with Crippen molar-refractivity contribution in [1.29, 1.82) is 0 Å². The molecule has 0 bridgehead atoms. The van der Waals surface area contributed by atoms with E-state index in [9.17, 15) is 0 Å². The molecule has 0 aromatic carbocycles. The molecule has 0 amide bonds. The van der Waals surface area contributed by atoms with Gasteiger partial charge < -0.3 is 5.73 Å². The third-order valence-corrected chi connectivity index (χ3v) is 3.94. The van der Waals surface area contributed by atoms with E-state index in [0.29, 0.717) is 0 Å². The lowest BCUT2D eigenvalue weighted by molar-refractivity contribution is 0.352. The van der Waals surface area contributed by atoms with Crippen molar-refractivity contribution in [2.45, 2.75) is 58.8 Å². The van der Waals surface area contributed by atoms with Crippen molar-refractivity contribution in [2.24, 2.45) is 23.5 Å². The summed E-state index contributed by atoms with van der Waals surface area (Å²) in [4.78, 5) is 0. The Morgan fingerprint density at radius 2 is 1.79 bits per heavy atom. The van der Waals surface area contributed by atoms with Crippen molar-refractivity contribution in [3.63, 3.8) is 0 Å². The van der Waals surface area contributed by atoms with Gasteiger partial charge in [-0.3, -0.25) is 0 Å². The van der Waals surface area contributed by atoms with Gasteiger partial charge in [-0.05, 0) is 50.0 Å². The Balaban J connectivity index is 2.31. The highest BCUT2D eigenvalue weighted by Gasteiger charge is 2.31. The normalized spacial score (nSPS) is 32.4. The standard InChI is InChI=1S/C13H27N/c1-3-6-13-10-11(7-5-8-14)9-12(13)4-2/h11-13H,3-10,14H2,1-2H3. The van der Waals surface area contributed by atoms with E-state index in [-0.39, 0.29) is 0 Å². The summed E-state index contributed by atoms with van der Waals surface area (Å²) in [5.41, 5.74) is 5.57. The van der Waals surface area contributed by atoms with E-state index in [4.69, 9.17) is 5.73 Å². The Bertz CT molecular complexity index is 144. The zero-order chi connectivity index (χ0) is 10.4. The third-order valence-electron chi connectivity index (χ3n) is 3.94. The predicted octanol–water partition coefficient (Wildman–Crippen LogP) is 3.58. The summed E-state index contributed by atoms with van der Waals surface area (Å²) >= 11 is 0. The van der Waals surface area contributed by atoms with Gasteiger partial charge in [0.2, 0.25) is 0 Å². The molecule has 0 aromatic rings. The number of rotatable bonds is 6. The molecular weight excluding hydrogens is 170 g/mol. The molecule has 1 rings (SSSR count). The molecule has 1 fully saturated rings. The first-order valence-electron chi connectivity index (χ1n) is 6.51. The summed E-state index contributed by atoms with van der Waals surface area (Å²) in [6.07, 6.45) is 9.81. The van der Waals surface area contributed by atoms with Crippen LogP contribution < -0.4 is 5.73 Å². The van der Waals surface area contributed by atoms with Crippen molar-refractivity contribution in [2.75, 3.05) is 6.54 Å². The van der Waals surface area contributed by atoms with Gasteiger partial charge in [-0.1, -0.05) is 33.1 Å². The van der Waals surface area contributed by atoms with Gasteiger partial charge in [0, 0.05) is 0 Å². The van der Waals surface area contributed by atoms with Crippen molar-refractivity contribution >= 4 is 0 Å². The van der Waals surface area contributed by atoms with Crippen LogP contribution in [0.4, 0.5) is 0 Å². The third kappa shape index (κ3) is 3.27. The molecule has 0 aromatic heterocycles. The average Bonchev–Trinajstić information content (AvgIpc) is 2.58. The fourth-order valence-corrected chi connectivity index (χ4v) is 3.20. The lowest BCUT2D eigenvalue weighted by Crippen LogP contribution is -2.05. The van der Waals surface area contributed by atoms with E-state index >= 15 is 0 Å². The second kappa shape index (κ2) is 6.44. The fraction of sp³-hybridized carbons (Fsp3) is 1.00. The minimum absolute atomic E-state index is 0.881. The van der Waals surface area contributed by atoms with Gasteiger partial charge in [0.25, 0.3) is 0 Å². The minimum Gasteiger partial charge on any atom is -0.330 e. The Morgan fingerprint density at radius 1 is 1.07 bits per heavy atom. The summed E-state index contributed by atoms with van der Waals surface area (Å²) in [5.74, 6) is 3.06. The topological polar surface area (TPSA) is 26.0 Å². The first-order chi connectivity index (χ1) is 6.81. The van der Waals surface area contributed by atoms with Gasteiger partial charge in [-0.2, -0.15) is 0 Å². The summed E-state index contributed by atoms with van der Waals surface area (Å²) in [6, 6.07) is 0. The Morgan fingerprint density at radius 3 is 2.36 bits per heavy atom. The maximum atomic E-state index is 5.57. The molecule has 1 heteroatoms. The van der Waals surface area contributed by atoms with Crippen LogP contribution in [0, 0.1) is 17.8 Å². The number of hydrogen-bond donors (Lipinski definition) is 1. The van der Waals surface area contributed by atoms with Gasteiger partial charge in [-0.25, -0.2) is 0 Å². The summed E-state index contributed by atoms with van der Waals surface area (Å²) < 4.78 is 0. The van der Waals surface area contributed by atoms with Gasteiger partial charge >= 0.3 is 0 Å². The van der Waals surface area contributed by atoms with E-state index in [1.165, 1.54) is 44.9 Å². The molecule has 14 heavy (non-hydrogen) atoms. The maximum absolute atomic E-state index is 5.57. The molecule has 1 aliphatic carbocycles. The molecule has 0 spiro atoms. The number of hydrogen-bond acceptors (Lipinski definition) is 1. The second-order valence-electron chi connectivity index (χ2n) is 4.99. The molecular formula is C13H27N. The first-order valence-corrected chi connectivity index (χ1v) is 6.51. The summed E-state index contributed by atoms with van der Waals surface area (Å²) in [5, 5.41) is 0. The smallest absolute Gasteiger partial charge is 0.00772 e. The molecule has 0 saturated heterocycles. The molecule has 3 atom stereocenters. The Hall–Kier alpha value is -0.0400. The molecule has 1 aliphatic rings. The van der Waals surface area contributed by atoms with Crippen LogP contribution in [0.15, 0.2) is 0 Å². The van der Waals surface area contributed by atoms with E-state index in [2.05, 4.69) is 13.8 Å². The highest BCUT2D eigenvalue weighted by Crippen LogP contribution is 2.42. The molecule has 1 saturated carbocycles. The predicted molar refractivity (Wildman–Crippen MR) is 63.2 cm³/mol. The monoisotopic (exact) mass is 197 g/mol. The van der Waals surface area contributed by atoms with E-state index in [1.807, 2.05) is 0 Å². The lowest BCUT2D eigenvalue weighted by atomic mass is 9.90. The first kappa shape index (κ1) is 12.0. The second-order valence-corrected chi connectivity index (χ2v) is 4.99. The lowest BCUT2D eigenvalue weighted by Gasteiger charge is -2.16. The molecule has 2 N–H and O–H groups in total. The van der Waals surface area contributed by atoms with Gasteiger partial charge in [0.05, 0.1) is 0 Å². The van der Waals surface area contributed by atoms with Crippen molar-refractivity contribution in [1.82, 2.24) is 0 Å². The highest BCUT2D eigenvalue weighted by atomic mass is 14.5. The van der Waals surface area contributed by atoms with E-state index < -0.39 is 0 Å². The SMILES string of the molecule is CCCC1CC(CCCN)CC1CC. The van der Waals surface area contributed by atoms with Crippen molar-refractivity contribution in [3.8, 4) is 0 Å². The van der Waals surface area contributed by atoms with Crippen LogP contribution in [-0.2, 0) is 0 Å². The zero-order valence-electron chi connectivity index (χ0n) is 9.97. The van der Waals surface area contributed by atoms with Crippen LogP contribution in [0.25, 0.3) is 0 Å². The minimum atomic E-state index is 0.881. The summed E-state index contributed by atoms with van der Waals surface area (Å²) in [7, 11) is 0. The van der Waals surface area contributed by atoms with Gasteiger partial charge in [0.1, 0.15) is 0 Å². The van der Waals surface area contributed by atoms with Crippen LogP contribution >= 0.6 is 0 Å². The fourth-order valence-electron chi connectivity index (χ4n) is 3.20. The highest BCUT2D eigenvalue weighted by molar-refractivity contribution is 4.82. The molecule has 84 valence electrons. The Labute approximate surface area is 89.5 Å². The maximum Gasteiger partial charge on any atom is -0.00772 e. The van der Waals surface area contributed by atoms with E-state index in [1.54, 1.807) is 0 Å². The van der Waals surface area contributed by atoms with Crippen LogP contribution in [0.1, 0.15) is 58.8 Å². The van der Waals surface area contributed by atoms with Crippen LogP contribution in [0.3, 0.4) is 0 Å².